The van der Waals surface area contributed by atoms with Crippen LogP contribution in [-0.2, 0) is 4.79 Å². The molecule has 112 valence electrons. The van der Waals surface area contributed by atoms with Crippen molar-refractivity contribution < 1.29 is 18.7 Å². The van der Waals surface area contributed by atoms with Gasteiger partial charge in [0, 0.05) is 13.0 Å². The highest BCUT2D eigenvalue weighted by Gasteiger charge is 2.18. The van der Waals surface area contributed by atoms with Crippen molar-refractivity contribution >= 4 is 5.91 Å². The van der Waals surface area contributed by atoms with Crippen molar-refractivity contribution in [3.63, 3.8) is 0 Å². The number of halogens is 2. The third kappa shape index (κ3) is 5.25. The third-order valence-electron chi connectivity index (χ3n) is 3.08. The monoisotopic (exact) mass is 285 g/mol. The van der Waals surface area contributed by atoms with E-state index in [2.05, 4.69) is 12.2 Å². The summed E-state index contributed by atoms with van der Waals surface area (Å²) in [6, 6.07) is 3.38. The first-order valence-corrected chi connectivity index (χ1v) is 6.95. The maximum atomic E-state index is 13.4. The van der Waals surface area contributed by atoms with Gasteiger partial charge < -0.3 is 10.4 Å². The molecule has 1 amide bonds. The zero-order valence-corrected chi connectivity index (χ0v) is 11.7. The van der Waals surface area contributed by atoms with Gasteiger partial charge in [-0.1, -0.05) is 32.3 Å². The van der Waals surface area contributed by atoms with Crippen LogP contribution in [0.5, 0.6) is 0 Å². The van der Waals surface area contributed by atoms with Crippen LogP contribution in [0.2, 0.25) is 0 Å². The Bertz CT molecular complexity index is 418. The molecule has 0 heterocycles. The Morgan fingerprint density at radius 2 is 1.90 bits per heavy atom. The zero-order valence-electron chi connectivity index (χ0n) is 11.7. The molecule has 3 nitrogen and oxygen atoms in total. The highest BCUT2D eigenvalue weighted by atomic mass is 19.1. The maximum Gasteiger partial charge on any atom is 0.220 e. The maximum absolute atomic E-state index is 13.4. The number of hydrogen-bond acceptors (Lipinski definition) is 2. The SMILES string of the molecule is CCCCCCC(=O)NCC(O)c1c(F)cccc1F. The van der Waals surface area contributed by atoms with Crippen molar-refractivity contribution in [1.82, 2.24) is 5.32 Å². The number of rotatable bonds is 8. The molecule has 1 atom stereocenters. The molecule has 1 rings (SSSR count). The molecular weight excluding hydrogens is 264 g/mol. The molecule has 0 fully saturated rings. The summed E-state index contributed by atoms with van der Waals surface area (Å²) in [5, 5.41) is 12.2. The topological polar surface area (TPSA) is 49.3 Å². The van der Waals surface area contributed by atoms with E-state index in [1.54, 1.807) is 0 Å². The van der Waals surface area contributed by atoms with E-state index in [0.29, 0.717) is 6.42 Å². The molecule has 1 unspecified atom stereocenters. The van der Waals surface area contributed by atoms with Crippen molar-refractivity contribution in [2.75, 3.05) is 6.54 Å². The molecule has 0 saturated heterocycles. The Hall–Kier alpha value is -1.49. The summed E-state index contributed by atoms with van der Waals surface area (Å²) in [4.78, 5) is 11.5. The lowest BCUT2D eigenvalue weighted by molar-refractivity contribution is -0.121. The van der Waals surface area contributed by atoms with Gasteiger partial charge in [-0.2, -0.15) is 0 Å². The number of nitrogens with one attached hydrogen (secondary N) is 1. The minimum absolute atomic E-state index is 0.190. The smallest absolute Gasteiger partial charge is 0.220 e. The predicted octanol–water partition coefficient (Wildman–Crippen LogP) is 3.08. The normalized spacial score (nSPS) is 12.2. The van der Waals surface area contributed by atoms with E-state index in [0.717, 1.165) is 37.8 Å². The summed E-state index contributed by atoms with van der Waals surface area (Å²) in [7, 11) is 0. The molecule has 0 bridgehead atoms. The van der Waals surface area contributed by atoms with Crippen LogP contribution in [0.1, 0.15) is 50.7 Å². The van der Waals surface area contributed by atoms with Gasteiger partial charge >= 0.3 is 0 Å². The van der Waals surface area contributed by atoms with E-state index in [-0.39, 0.29) is 12.5 Å². The number of carbonyl (C=O) groups excluding carboxylic acids is 1. The van der Waals surface area contributed by atoms with Gasteiger partial charge in [0.05, 0.1) is 5.56 Å². The second-order valence-electron chi connectivity index (χ2n) is 4.77. The molecule has 0 aliphatic carbocycles. The first-order valence-electron chi connectivity index (χ1n) is 6.95. The van der Waals surface area contributed by atoms with Crippen molar-refractivity contribution in [2.24, 2.45) is 0 Å². The van der Waals surface area contributed by atoms with Crippen LogP contribution in [0.25, 0.3) is 0 Å². The van der Waals surface area contributed by atoms with E-state index in [1.807, 2.05) is 0 Å². The predicted molar refractivity (Wildman–Crippen MR) is 73.1 cm³/mol. The molecule has 2 N–H and O–H groups in total. The molecule has 0 aliphatic rings. The Morgan fingerprint density at radius 1 is 1.25 bits per heavy atom. The summed E-state index contributed by atoms with van der Waals surface area (Å²) < 4.78 is 26.8. The molecule has 0 saturated carbocycles. The third-order valence-corrected chi connectivity index (χ3v) is 3.08. The Kier molecular flexibility index (Phi) is 7.15. The van der Waals surface area contributed by atoms with Crippen LogP contribution in [-0.4, -0.2) is 17.6 Å². The minimum Gasteiger partial charge on any atom is -0.386 e. The van der Waals surface area contributed by atoms with Crippen molar-refractivity contribution in [3.8, 4) is 0 Å². The number of carbonyl (C=O) groups is 1. The summed E-state index contributed by atoms with van der Waals surface area (Å²) in [5.74, 6) is -1.83. The molecule has 0 aliphatic heterocycles. The molecule has 0 aromatic heterocycles. The fraction of sp³-hybridized carbons (Fsp3) is 0.533. The quantitative estimate of drug-likeness (QED) is 0.721. The number of hydrogen-bond donors (Lipinski definition) is 2. The average molecular weight is 285 g/mol. The Labute approximate surface area is 118 Å². The molecule has 20 heavy (non-hydrogen) atoms. The summed E-state index contributed by atoms with van der Waals surface area (Å²) in [5.41, 5.74) is -0.404. The summed E-state index contributed by atoms with van der Waals surface area (Å²) in [6.45, 7) is 1.89. The number of amides is 1. The van der Waals surface area contributed by atoms with Gasteiger partial charge in [-0.05, 0) is 18.6 Å². The second kappa shape index (κ2) is 8.64. The fourth-order valence-corrected chi connectivity index (χ4v) is 1.94. The first kappa shape index (κ1) is 16.6. The van der Waals surface area contributed by atoms with Gasteiger partial charge in [0.1, 0.15) is 17.7 Å². The van der Waals surface area contributed by atoms with E-state index >= 15 is 0 Å². The summed E-state index contributed by atoms with van der Waals surface area (Å²) >= 11 is 0. The summed E-state index contributed by atoms with van der Waals surface area (Å²) in [6.07, 6.45) is 2.92. The van der Waals surface area contributed by atoms with E-state index in [4.69, 9.17) is 0 Å². The van der Waals surface area contributed by atoms with Gasteiger partial charge in [0.15, 0.2) is 0 Å². The van der Waals surface area contributed by atoms with Crippen molar-refractivity contribution in [2.45, 2.75) is 45.1 Å². The molecule has 1 aromatic rings. The van der Waals surface area contributed by atoms with Gasteiger partial charge in [0.2, 0.25) is 5.91 Å². The fourth-order valence-electron chi connectivity index (χ4n) is 1.94. The molecule has 1 aromatic carbocycles. The van der Waals surface area contributed by atoms with Gasteiger partial charge in [-0.25, -0.2) is 8.78 Å². The highest BCUT2D eigenvalue weighted by Crippen LogP contribution is 2.19. The lowest BCUT2D eigenvalue weighted by atomic mass is 10.1. The van der Waals surface area contributed by atoms with Crippen LogP contribution < -0.4 is 5.32 Å². The lowest BCUT2D eigenvalue weighted by Gasteiger charge is -2.13. The number of aliphatic hydroxyl groups is 1. The Morgan fingerprint density at radius 3 is 2.50 bits per heavy atom. The van der Waals surface area contributed by atoms with Crippen LogP contribution >= 0.6 is 0 Å². The largest absolute Gasteiger partial charge is 0.386 e. The van der Waals surface area contributed by atoms with Crippen LogP contribution in [0.15, 0.2) is 18.2 Å². The average Bonchev–Trinajstić information content (AvgIpc) is 2.41. The number of aliphatic hydroxyl groups excluding tert-OH is 1. The van der Waals surface area contributed by atoms with Gasteiger partial charge in [-0.3, -0.25) is 4.79 Å². The zero-order chi connectivity index (χ0) is 15.0. The van der Waals surface area contributed by atoms with Crippen LogP contribution in [0.4, 0.5) is 8.78 Å². The van der Waals surface area contributed by atoms with Crippen LogP contribution in [0.3, 0.4) is 0 Å². The van der Waals surface area contributed by atoms with Gasteiger partial charge in [-0.15, -0.1) is 0 Å². The standard InChI is InChI=1S/C15H21F2NO2/c1-2-3-4-5-9-14(20)18-10-13(19)15-11(16)7-6-8-12(15)17/h6-8,13,19H,2-5,9-10H2,1H3,(H,18,20). The number of unbranched alkanes of at least 4 members (excludes halogenated alkanes) is 3. The van der Waals surface area contributed by atoms with Crippen molar-refractivity contribution in [1.29, 1.82) is 0 Å². The minimum atomic E-state index is -1.38. The van der Waals surface area contributed by atoms with Gasteiger partial charge in [0.25, 0.3) is 0 Å². The van der Waals surface area contributed by atoms with E-state index < -0.39 is 23.3 Å². The Balaban J connectivity index is 2.39. The first-order chi connectivity index (χ1) is 9.56. The molecular formula is C15H21F2NO2. The van der Waals surface area contributed by atoms with E-state index in [9.17, 15) is 18.7 Å². The second-order valence-corrected chi connectivity index (χ2v) is 4.77. The lowest BCUT2D eigenvalue weighted by Crippen LogP contribution is -2.28. The van der Waals surface area contributed by atoms with E-state index in [1.165, 1.54) is 6.07 Å². The highest BCUT2D eigenvalue weighted by molar-refractivity contribution is 5.75. The molecule has 0 spiro atoms. The number of benzene rings is 1. The molecule has 5 heteroatoms. The van der Waals surface area contributed by atoms with Crippen LogP contribution in [0, 0.1) is 11.6 Å². The molecule has 0 radical (unpaired) electrons. The van der Waals surface area contributed by atoms with Crippen molar-refractivity contribution in [3.05, 3.63) is 35.4 Å².